The van der Waals surface area contributed by atoms with E-state index in [0.29, 0.717) is 29.8 Å². The van der Waals surface area contributed by atoms with E-state index >= 15 is 0 Å². The van der Waals surface area contributed by atoms with Gasteiger partial charge in [0.1, 0.15) is 4.88 Å². The van der Waals surface area contributed by atoms with Crippen LogP contribution < -0.4 is 10.6 Å². The summed E-state index contributed by atoms with van der Waals surface area (Å²) in [5.74, 6) is -0.164. The monoisotopic (exact) mass is 307 g/mol. The summed E-state index contributed by atoms with van der Waals surface area (Å²) in [5.41, 5.74) is 0.668. The average Bonchev–Trinajstić information content (AvgIpc) is 2.98. The van der Waals surface area contributed by atoms with E-state index in [0.717, 1.165) is 5.13 Å². The Morgan fingerprint density at radius 2 is 2.38 bits per heavy atom. The molecule has 3 rings (SSSR count). The van der Waals surface area contributed by atoms with Crippen LogP contribution in [0.25, 0.3) is 0 Å². The van der Waals surface area contributed by atoms with Crippen LogP contribution in [0, 0.1) is 0 Å². The van der Waals surface area contributed by atoms with Gasteiger partial charge in [0.15, 0.2) is 5.13 Å². The second kappa shape index (κ2) is 6.23. The van der Waals surface area contributed by atoms with Crippen molar-refractivity contribution in [1.82, 2.24) is 14.8 Å². The number of hydrogen-bond donors (Lipinski definition) is 2. The maximum absolute atomic E-state index is 12.1. The SMILES string of the molecule is COCCn1cc(NC(=O)c2cnc(NC3CC3)s2)cn1. The van der Waals surface area contributed by atoms with Crippen molar-refractivity contribution in [2.75, 3.05) is 24.4 Å². The zero-order valence-electron chi connectivity index (χ0n) is 11.7. The number of amides is 1. The van der Waals surface area contributed by atoms with Crippen LogP contribution in [0.5, 0.6) is 0 Å². The molecule has 0 spiro atoms. The summed E-state index contributed by atoms with van der Waals surface area (Å²) in [4.78, 5) is 16.9. The Balaban J connectivity index is 1.57. The Kier molecular flexibility index (Phi) is 4.16. The van der Waals surface area contributed by atoms with E-state index < -0.39 is 0 Å². The number of rotatable bonds is 7. The maximum atomic E-state index is 12.1. The lowest BCUT2D eigenvalue weighted by Gasteiger charge is -2.00. The van der Waals surface area contributed by atoms with E-state index in [2.05, 4.69) is 20.7 Å². The van der Waals surface area contributed by atoms with Crippen LogP contribution >= 0.6 is 11.3 Å². The maximum Gasteiger partial charge on any atom is 0.267 e. The number of carbonyl (C=O) groups is 1. The molecule has 1 aliphatic rings. The molecule has 2 aromatic rings. The van der Waals surface area contributed by atoms with Crippen molar-refractivity contribution < 1.29 is 9.53 Å². The predicted molar refractivity (Wildman–Crippen MR) is 80.8 cm³/mol. The Hall–Kier alpha value is -1.93. The summed E-state index contributed by atoms with van der Waals surface area (Å²) >= 11 is 1.37. The number of ether oxygens (including phenoxy) is 1. The van der Waals surface area contributed by atoms with Gasteiger partial charge in [-0.15, -0.1) is 0 Å². The highest BCUT2D eigenvalue weighted by molar-refractivity contribution is 7.17. The highest BCUT2D eigenvalue weighted by Crippen LogP contribution is 2.27. The normalized spacial score (nSPS) is 14.1. The molecule has 0 unspecified atom stereocenters. The van der Waals surface area contributed by atoms with Gasteiger partial charge in [-0.05, 0) is 12.8 Å². The number of carbonyl (C=O) groups excluding carboxylic acids is 1. The van der Waals surface area contributed by atoms with Crippen LogP contribution in [-0.4, -0.2) is 40.4 Å². The smallest absolute Gasteiger partial charge is 0.267 e. The molecule has 0 atom stereocenters. The fourth-order valence-electron chi connectivity index (χ4n) is 1.78. The minimum atomic E-state index is -0.164. The van der Waals surface area contributed by atoms with Gasteiger partial charge in [-0.2, -0.15) is 5.10 Å². The van der Waals surface area contributed by atoms with E-state index in [1.165, 1.54) is 24.2 Å². The van der Waals surface area contributed by atoms with Crippen molar-refractivity contribution in [1.29, 1.82) is 0 Å². The molecule has 2 aromatic heterocycles. The number of hydrogen-bond acceptors (Lipinski definition) is 6. The second-order valence-electron chi connectivity index (χ2n) is 4.89. The van der Waals surface area contributed by atoms with Gasteiger partial charge in [-0.25, -0.2) is 4.98 Å². The lowest BCUT2D eigenvalue weighted by atomic mass is 10.4. The van der Waals surface area contributed by atoms with Gasteiger partial charge in [-0.3, -0.25) is 9.48 Å². The summed E-state index contributed by atoms with van der Waals surface area (Å²) in [6.07, 6.45) is 7.36. The standard InChI is InChI=1S/C13H17N5O2S/c1-20-5-4-18-8-10(6-15-18)16-12(19)11-7-14-13(21-11)17-9-2-3-9/h6-9H,2-5H2,1H3,(H,14,17)(H,16,19). The molecule has 112 valence electrons. The number of anilines is 2. The van der Waals surface area contributed by atoms with E-state index in [-0.39, 0.29) is 5.91 Å². The fraction of sp³-hybridized carbons (Fsp3) is 0.462. The van der Waals surface area contributed by atoms with Crippen molar-refractivity contribution >= 4 is 28.1 Å². The summed E-state index contributed by atoms with van der Waals surface area (Å²) in [7, 11) is 1.64. The molecule has 0 bridgehead atoms. The molecule has 8 heteroatoms. The highest BCUT2D eigenvalue weighted by atomic mass is 32.1. The molecule has 21 heavy (non-hydrogen) atoms. The third kappa shape index (κ3) is 3.79. The molecule has 0 radical (unpaired) electrons. The minimum absolute atomic E-state index is 0.164. The first-order valence-electron chi connectivity index (χ1n) is 6.79. The van der Waals surface area contributed by atoms with Crippen LogP contribution in [0.2, 0.25) is 0 Å². The molecule has 1 aliphatic carbocycles. The van der Waals surface area contributed by atoms with Crippen LogP contribution in [-0.2, 0) is 11.3 Å². The molecule has 1 amide bonds. The van der Waals surface area contributed by atoms with Gasteiger partial charge in [0.2, 0.25) is 0 Å². The average molecular weight is 307 g/mol. The van der Waals surface area contributed by atoms with E-state index in [9.17, 15) is 4.79 Å². The van der Waals surface area contributed by atoms with Crippen LogP contribution in [0.3, 0.4) is 0 Å². The lowest BCUT2D eigenvalue weighted by molar-refractivity contribution is 0.103. The molecular weight excluding hydrogens is 290 g/mol. The molecule has 0 aromatic carbocycles. The van der Waals surface area contributed by atoms with Gasteiger partial charge >= 0.3 is 0 Å². The third-order valence-electron chi connectivity index (χ3n) is 3.05. The molecule has 1 saturated carbocycles. The third-order valence-corrected chi connectivity index (χ3v) is 3.98. The van der Waals surface area contributed by atoms with Gasteiger partial charge in [0.25, 0.3) is 5.91 Å². The number of nitrogens with zero attached hydrogens (tertiary/aromatic N) is 3. The van der Waals surface area contributed by atoms with Crippen molar-refractivity contribution in [2.45, 2.75) is 25.4 Å². The van der Waals surface area contributed by atoms with Gasteiger partial charge in [-0.1, -0.05) is 11.3 Å². The summed E-state index contributed by atoms with van der Waals surface area (Å²) in [6, 6.07) is 0.533. The Labute approximate surface area is 126 Å². The largest absolute Gasteiger partial charge is 0.383 e. The first-order chi connectivity index (χ1) is 10.2. The number of nitrogens with one attached hydrogen (secondary N) is 2. The Morgan fingerprint density at radius 1 is 1.52 bits per heavy atom. The number of methoxy groups -OCH3 is 1. The van der Waals surface area contributed by atoms with E-state index in [4.69, 9.17) is 4.74 Å². The first kappa shape index (κ1) is 14.0. The summed E-state index contributed by atoms with van der Waals surface area (Å²) in [6.45, 7) is 1.24. The molecule has 1 fully saturated rings. The molecule has 0 aliphatic heterocycles. The van der Waals surface area contributed by atoms with Crippen LogP contribution in [0.15, 0.2) is 18.6 Å². The Bertz CT molecular complexity index is 620. The highest BCUT2D eigenvalue weighted by Gasteiger charge is 2.22. The van der Waals surface area contributed by atoms with Gasteiger partial charge < -0.3 is 15.4 Å². The molecule has 0 saturated heterocycles. The fourth-order valence-corrected chi connectivity index (χ4v) is 2.56. The van der Waals surface area contributed by atoms with Crippen molar-refractivity contribution in [3.8, 4) is 0 Å². The van der Waals surface area contributed by atoms with E-state index in [1.807, 2.05) is 0 Å². The van der Waals surface area contributed by atoms with Crippen molar-refractivity contribution in [3.05, 3.63) is 23.5 Å². The second-order valence-corrected chi connectivity index (χ2v) is 5.92. The predicted octanol–water partition coefficient (Wildman–Crippen LogP) is 1.81. The number of thiazole rings is 1. The van der Waals surface area contributed by atoms with Crippen molar-refractivity contribution in [2.24, 2.45) is 0 Å². The lowest BCUT2D eigenvalue weighted by Crippen LogP contribution is -2.09. The Morgan fingerprint density at radius 3 is 3.14 bits per heavy atom. The zero-order chi connectivity index (χ0) is 14.7. The molecule has 2 heterocycles. The summed E-state index contributed by atoms with van der Waals surface area (Å²) in [5, 5.41) is 11.1. The molecule has 2 N–H and O–H groups in total. The van der Waals surface area contributed by atoms with Crippen LogP contribution in [0.4, 0.5) is 10.8 Å². The van der Waals surface area contributed by atoms with Gasteiger partial charge in [0, 0.05) is 19.3 Å². The number of aromatic nitrogens is 3. The topological polar surface area (TPSA) is 81.1 Å². The molecular formula is C13H17N5O2S. The summed E-state index contributed by atoms with van der Waals surface area (Å²) < 4.78 is 6.71. The zero-order valence-corrected chi connectivity index (χ0v) is 12.5. The quantitative estimate of drug-likeness (QED) is 0.815. The minimum Gasteiger partial charge on any atom is -0.383 e. The van der Waals surface area contributed by atoms with Crippen LogP contribution in [0.1, 0.15) is 22.5 Å². The molecule has 7 nitrogen and oxygen atoms in total. The first-order valence-corrected chi connectivity index (χ1v) is 7.61. The van der Waals surface area contributed by atoms with E-state index in [1.54, 1.807) is 30.4 Å². The van der Waals surface area contributed by atoms with Crippen molar-refractivity contribution in [3.63, 3.8) is 0 Å². The van der Waals surface area contributed by atoms with Gasteiger partial charge in [0.05, 0.1) is 31.2 Å².